The van der Waals surface area contributed by atoms with E-state index in [1.807, 2.05) is 0 Å². The van der Waals surface area contributed by atoms with E-state index >= 15 is 0 Å². The number of nitrogens with one attached hydrogen (secondary N) is 1. The average Bonchev–Trinajstić information content (AvgIpc) is 2.95. The summed E-state index contributed by atoms with van der Waals surface area (Å²) in [6, 6.07) is 6.72. The molecule has 0 saturated heterocycles. The van der Waals surface area contributed by atoms with Crippen molar-refractivity contribution < 1.29 is 23.9 Å². The number of fused-ring (bicyclic) bond motifs is 1. The fraction of sp³-hybridized carbons (Fsp3) is 0.312. The number of rotatable bonds is 6. The number of aromatic nitrogens is 1. The van der Waals surface area contributed by atoms with Gasteiger partial charge in [0.2, 0.25) is 0 Å². The van der Waals surface area contributed by atoms with Crippen LogP contribution in [0.25, 0.3) is 10.9 Å². The van der Waals surface area contributed by atoms with E-state index in [0.717, 1.165) is 10.9 Å². The summed E-state index contributed by atoms with van der Waals surface area (Å²) in [5, 5.41) is 0.743. The van der Waals surface area contributed by atoms with Crippen molar-refractivity contribution in [1.29, 1.82) is 0 Å². The van der Waals surface area contributed by atoms with Gasteiger partial charge in [-0.05, 0) is 31.2 Å². The predicted molar refractivity (Wildman–Crippen MR) is 79.8 cm³/mol. The lowest BCUT2D eigenvalue weighted by Gasteiger charge is -2.01. The van der Waals surface area contributed by atoms with Gasteiger partial charge in [-0.2, -0.15) is 0 Å². The van der Waals surface area contributed by atoms with Crippen molar-refractivity contribution in [3.8, 4) is 0 Å². The van der Waals surface area contributed by atoms with E-state index in [9.17, 15) is 14.4 Å². The van der Waals surface area contributed by atoms with Gasteiger partial charge in [-0.25, -0.2) is 4.79 Å². The van der Waals surface area contributed by atoms with Crippen molar-refractivity contribution in [2.24, 2.45) is 0 Å². The molecule has 22 heavy (non-hydrogen) atoms. The standard InChI is InChI=1S/C16H17NO5/c1-3-22-16(20)13-9-11-8-10(4-5-12(11)17-13)14(18)6-7-15(19)21-2/h4-5,8-9,17H,3,6-7H2,1-2H3. The Morgan fingerprint density at radius 1 is 1.14 bits per heavy atom. The maximum Gasteiger partial charge on any atom is 0.354 e. The lowest BCUT2D eigenvalue weighted by molar-refractivity contribution is -0.140. The molecule has 0 unspecified atom stereocenters. The van der Waals surface area contributed by atoms with E-state index in [4.69, 9.17) is 4.74 Å². The van der Waals surface area contributed by atoms with E-state index in [1.165, 1.54) is 7.11 Å². The summed E-state index contributed by atoms with van der Waals surface area (Å²) in [4.78, 5) is 37.7. The van der Waals surface area contributed by atoms with Gasteiger partial charge in [-0.3, -0.25) is 9.59 Å². The van der Waals surface area contributed by atoms with E-state index in [2.05, 4.69) is 9.72 Å². The molecule has 0 bridgehead atoms. The van der Waals surface area contributed by atoms with Gasteiger partial charge in [0.15, 0.2) is 5.78 Å². The highest BCUT2D eigenvalue weighted by molar-refractivity contribution is 6.02. The van der Waals surface area contributed by atoms with Crippen LogP contribution >= 0.6 is 0 Å². The van der Waals surface area contributed by atoms with Crippen molar-refractivity contribution in [2.75, 3.05) is 13.7 Å². The van der Waals surface area contributed by atoms with Gasteiger partial charge in [0.25, 0.3) is 0 Å². The topological polar surface area (TPSA) is 85.5 Å². The fourth-order valence-corrected chi connectivity index (χ4v) is 2.09. The Morgan fingerprint density at radius 3 is 2.59 bits per heavy atom. The average molecular weight is 303 g/mol. The number of hydrogen-bond acceptors (Lipinski definition) is 5. The third-order valence-electron chi connectivity index (χ3n) is 3.22. The maximum atomic E-state index is 12.0. The Kier molecular flexibility index (Phi) is 4.93. The Hall–Kier alpha value is -2.63. The SMILES string of the molecule is CCOC(=O)c1cc2cc(C(=O)CCC(=O)OC)ccc2[nH]1. The molecule has 0 aliphatic rings. The number of carbonyl (C=O) groups excluding carboxylic acids is 3. The van der Waals surface area contributed by atoms with Crippen LogP contribution in [-0.2, 0) is 14.3 Å². The van der Waals surface area contributed by atoms with Crippen LogP contribution in [-0.4, -0.2) is 36.4 Å². The van der Waals surface area contributed by atoms with Crippen LogP contribution in [0.1, 0.15) is 40.6 Å². The number of H-pyrrole nitrogens is 1. The molecule has 0 saturated carbocycles. The zero-order valence-corrected chi connectivity index (χ0v) is 12.5. The normalized spacial score (nSPS) is 10.5. The molecule has 1 aromatic carbocycles. The molecule has 0 radical (unpaired) electrons. The van der Waals surface area contributed by atoms with Crippen molar-refractivity contribution in [1.82, 2.24) is 4.98 Å². The van der Waals surface area contributed by atoms with Crippen molar-refractivity contribution >= 4 is 28.6 Å². The number of benzene rings is 1. The lowest BCUT2D eigenvalue weighted by atomic mass is 10.0. The highest BCUT2D eigenvalue weighted by Gasteiger charge is 2.13. The van der Waals surface area contributed by atoms with Gasteiger partial charge in [-0.1, -0.05) is 0 Å². The molecule has 1 aromatic heterocycles. The zero-order chi connectivity index (χ0) is 16.1. The first-order valence-electron chi connectivity index (χ1n) is 6.95. The second-order valence-electron chi connectivity index (χ2n) is 4.70. The minimum Gasteiger partial charge on any atom is -0.469 e. The molecule has 0 amide bonds. The minimum absolute atomic E-state index is 0.0502. The van der Waals surface area contributed by atoms with Crippen molar-refractivity contribution in [2.45, 2.75) is 19.8 Å². The number of aromatic amines is 1. The summed E-state index contributed by atoms with van der Waals surface area (Å²) in [6.45, 7) is 2.03. The molecule has 0 fully saturated rings. The van der Waals surface area contributed by atoms with Crippen LogP contribution in [0.5, 0.6) is 0 Å². The van der Waals surface area contributed by atoms with Crippen LogP contribution in [0.2, 0.25) is 0 Å². The van der Waals surface area contributed by atoms with E-state index in [1.54, 1.807) is 31.2 Å². The van der Waals surface area contributed by atoms with Gasteiger partial charge >= 0.3 is 11.9 Å². The summed E-state index contributed by atoms with van der Waals surface area (Å²) in [6.07, 6.45) is 0.141. The summed E-state index contributed by atoms with van der Waals surface area (Å²) in [7, 11) is 1.29. The quantitative estimate of drug-likeness (QED) is 0.654. The molecule has 2 rings (SSSR count). The number of esters is 2. The van der Waals surface area contributed by atoms with Gasteiger partial charge < -0.3 is 14.5 Å². The second kappa shape index (κ2) is 6.89. The molecule has 0 spiro atoms. The summed E-state index contributed by atoms with van der Waals surface area (Å²) in [5.74, 6) is -0.996. The lowest BCUT2D eigenvalue weighted by Crippen LogP contribution is -2.05. The first-order chi connectivity index (χ1) is 10.5. The van der Waals surface area contributed by atoms with Gasteiger partial charge in [0, 0.05) is 22.9 Å². The minimum atomic E-state index is -0.433. The third kappa shape index (κ3) is 3.52. The van der Waals surface area contributed by atoms with Gasteiger partial charge in [0.05, 0.1) is 20.1 Å². The van der Waals surface area contributed by atoms with Gasteiger partial charge in [-0.15, -0.1) is 0 Å². The van der Waals surface area contributed by atoms with Crippen LogP contribution < -0.4 is 0 Å². The van der Waals surface area contributed by atoms with Crippen LogP contribution in [0.3, 0.4) is 0 Å². The maximum absolute atomic E-state index is 12.0. The molecular formula is C16H17NO5. The van der Waals surface area contributed by atoms with E-state index < -0.39 is 11.9 Å². The third-order valence-corrected chi connectivity index (χ3v) is 3.22. The molecule has 0 aliphatic heterocycles. The summed E-state index contributed by atoms with van der Waals surface area (Å²) < 4.78 is 9.44. The van der Waals surface area contributed by atoms with Crippen LogP contribution in [0, 0.1) is 0 Å². The van der Waals surface area contributed by atoms with Crippen LogP contribution in [0.4, 0.5) is 0 Å². The Bertz CT molecular complexity index is 716. The molecular weight excluding hydrogens is 286 g/mol. The predicted octanol–water partition coefficient (Wildman–Crippen LogP) is 2.48. The first kappa shape index (κ1) is 15.8. The smallest absolute Gasteiger partial charge is 0.354 e. The number of ether oxygens (including phenoxy) is 2. The molecule has 0 atom stereocenters. The highest BCUT2D eigenvalue weighted by atomic mass is 16.5. The van der Waals surface area contributed by atoms with Crippen molar-refractivity contribution in [3.05, 3.63) is 35.5 Å². The monoisotopic (exact) mass is 303 g/mol. The van der Waals surface area contributed by atoms with E-state index in [0.29, 0.717) is 17.9 Å². The Morgan fingerprint density at radius 2 is 1.91 bits per heavy atom. The summed E-state index contributed by atoms with van der Waals surface area (Å²) >= 11 is 0. The molecule has 2 aromatic rings. The number of Topliss-reactive ketones (excluding diaryl/α,β-unsaturated/α-hetero) is 1. The highest BCUT2D eigenvalue weighted by Crippen LogP contribution is 2.19. The molecule has 6 heteroatoms. The number of ketones is 1. The molecule has 116 valence electrons. The Balaban J connectivity index is 2.17. The number of carbonyl (C=O) groups is 3. The second-order valence-corrected chi connectivity index (χ2v) is 4.70. The van der Waals surface area contributed by atoms with Gasteiger partial charge in [0.1, 0.15) is 5.69 Å². The molecule has 0 aliphatic carbocycles. The number of methoxy groups -OCH3 is 1. The largest absolute Gasteiger partial charge is 0.469 e. The molecule has 1 heterocycles. The first-order valence-corrected chi connectivity index (χ1v) is 6.95. The zero-order valence-electron chi connectivity index (χ0n) is 12.5. The van der Waals surface area contributed by atoms with Crippen molar-refractivity contribution in [3.63, 3.8) is 0 Å². The molecule has 1 N–H and O–H groups in total. The van der Waals surface area contributed by atoms with Crippen LogP contribution in [0.15, 0.2) is 24.3 Å². The fourth-order valence-electron chi connectivity index (χ4n) is 2.09. The van der Waals surface area contributed by atoms with E-state index in [-0.39, 0.29) is 18.6 Å². The summed E-state index contributed by atoms with van der Waals surface area (Å²) in [5.41, 5.74) is 1.58. The molecule has 6 nitrogen and oxygen atoms in total. The number of hydrogen-bond donors (Lipinski definition) is 1. The Labute approximate surface area is 127 Å².